The number of benzene rings is 2. The number of hydrogen-bond acceptors (Lipinski definition) is 5. The molecule has 142 valence electrons. The normalized spacial score (nSPS) is 12.7. The van der Waals surface area contributed by atoms with Crippen LogP contribution >= 0.6 is 35.1 Å². The fourth-order valence-electron chi connectivity index (χ4n) is 2.49. The van der Waals surface area contributed by atoms with Crippen LogP contribution < -0.4 is 10.1 Å². The minimum atomic E-state index is -3.52. The third-order valence-corrected chi connectivity index (χ3v) is 6.59. The molecule has 2 aromatic rings. The Balaban J connectivity index is 2.53. The highest BCUT2D eigenvalue weighted by Crippen LogP contribution is 2.62. The highest BCUT2D eigenvalue weighted by atomic mass is 79.9. The minimum Gasteiger partial charge on any atom is -0.496 e. The first kappa shape index (κ1) is 21.3. The zero-order valence-electron chi connectivity index (χ0n) is 14.9. The molecule has 0 aliphatic heterocycles. The van der Waals surface area contributed by atoms with Crippen molar-refractivity contribution in [3.63, 3.8) is 0 Å². The van der Waals surface area contributed by atoms with Crippen molar-refractivity contribution >= 4 is 40.8 Å². The largest absolute Gasteiger partial charge is 0.496 e. The fourth-order valence-corrected chi connectivity index (χ4v) is 4.91. The van der Waals surface area contributed by atoms with Crippen LogP contribution in [-0.4, -0.2) is 20.3 Å². The van der Waals surface area contributed by atoms with E-state index < -0.39 is 13.4 Å². The van der Waals surface area contributed by atoms with Gasteiger partial charge >= 0.3 is 7.60 Å². The van der Waals surface area contributed by atoms with Crippen LogP contribution in [0.2, 0.25) is 5.02 Å². The van der Waals surface area contributed by atoms with Crippen molar-refractivity contribution in [3.8, 4) is 5.75 Å². The van der Waals surface area contributed by atoms with Crippen molar-refractivity contribution in [3.05, 3.63) is 57.5 Å². The SMILES string of the molecule is CCOP(=O)(OCC)C(Nc1ccc(Cl)cc1)c1ccc(Br)cc1OC. The maximum atomic E-state index is 13.5. The van der Waals surface area contributed by atoms with Gasteiger partial charge in [0.25, 0.3) is 0 Å². The predicted molar refractivity (Wildman–Crippen MR) is 109 cm³/mol. The highest BCUT2D eigenvalue weighted by molar-refractivity contribution is 9.10. The Morgan fingerprint density at radius 1 is 1.12 bits per heavy atom. The van der Waals surface area contributed by atoms with E-state index in [9.17, 15) is 4.57 Å². The van der Waals surface area contributed by atoms with Gasteiger partial charge in [0.1, 0.15) is 5.75 Å². The Hall–Kier alpha value is -1.04. The standard InChI is InChI=1S/C18H22BrClNO4P/c1-4-24-26(22,25-5-2)18(21-15-9-7-14(20)8-10-15)16-11-6-13(19)12-17(16)23-3/h6-12,18,21H,4-5H2,1-3H3. The van der Waals surface area contributed by atoms with Crippen LogP contribution in [0.1, 0.15) is 25.2 Å². The van der Waals surface area contributed by atoms with Gasteiger partial charge in [0.15, 0.2) is 5.78 Å². The van der Waals surface area contributed by atoms with Crippen LogP contribution in [-0.2, 0) is 13.6 Å². The highest BCUT2D eigenvalue weighted by Gasteiger charge is 2.38. The quantitative estimate of drug-likeness (QED) is 0.432. The van der Waals surface area contributed by atoms with E-state index in [-0.39, 0.29) is 13.2 Å². The summed E-state index contributed by atoms with van der Waals surface area (Å²) in [5.74, 6) is -0.169. The van der Waals surface area contributed by atoms with Crippen LogP contribution in [0, 0.1) is 0 Å². The molecule has 0 bridgehead atoms. The molecule has 0 fully saturated rings. The second-order valence-corrected chi connectivity index (χ2v) is 8.78. The maximum absolute atomic E-state index is 13.5. The van der Waals surface area contributed by atoms with Crippen molar-refractivity contribution in [2.24, 2.45) is 0 Å². The number of methoxy groups -OCH3 is 1. The second kappa shape index (κ2) is 9.77. The average molecular weight is 463 g/mol. The molecule has 0 heterocycles. The van der Waals surface area contributed by atoms with Crippen molar-refractivity contribution in [1.82, 2.24) is 0 Å². The molecule has 1 unspecified atom stereocenters. The van der Waals surface area contributed by atoms with E-state index in [1.165, 1.54) is 0 Å². The number of nitrogens with one attached hydrogen (secondary N) is 1. The summed E-state index contributed by atoms with van der Waals surface area (Å²) in [5.41, 5.74) is 1.42. The van der Waals surface area contributed by atoms with Crippen molar-refractivity contribution in [2.45, 2.75) is 19.6 Å². The summed E-state index contributed by atoms with van der Waals surface area (Å²) in [6.07, 6.45) is 0. The molecule has 0 aliphatic carbocycles. The van der Waals surface area contributed by atoms with Crippen LogP contribution in [0.3, 0.4) is 0 Å². The molecule has 0 saturated carbocycles. The monoisotopic (exact) mass is 461 g/mol. The van der Waals surface area contributed by atoms with Gasteiger partial charge in [-0.05, 0) is 50.2 Å². The number of anilines is 1. The van der Waals surface area contributed by atoms with Gasteiger partial charge < -0.3 is 19.1 Å². The predicted octanol–water partition coefficient (Wildman–Crippen LogP) is 6.49. The molecule has 1 atom stereocenters. The van der Waals surface area contributed by atoms with Crippen LogP contribution in [0.4, 0.5) is 5.69 Å². The summed E-state index contributed by atoms with van der Waals surface area (Å²) >= 11 is 9.39. The summed E-state index contributed by atoms with van der Waals surface area (Å²) in [6.45, 7) is 4.08. The molecule has 2 rings (SSSR count). The first-order chi connectivity index (χ1) is 12.4. The van der Waals surface area contributed by atoms with E-state index in [0.29, 0.717) is 16.3 Å². The number of rotatable bonds is 9. The van der Waals surface area contributed by atoms with E-state index in [1.807, 2.05) is 30.3 Å². The summed E-state index contributed by atoms with van der Waals surface area (Å²) in [7, 11) is -1.96. The zero-order valence-corrected chi connectivity index (χ0v) is 18.1. The van der Waals surface area contributed by atoms with E-state index >= 15 is 0 Å². The molecule has 8 heteroatoms. The summed E-state index contributed by atoms with van der Waals surface area (Å²) in [6, 6.07) is 12.6. The molecule has 0 spiro atoms. The first-order valence-corrected chi connectivity index (χ1v) is 11.0. The van der Waals surface area contributed by atoms with Crippen molar-refractivity contribution in [2.75, 3.05) is 25.6 Å². The molecule has 5 nitrogen and oxygen atoms in total. The lowest BCUT2D eigenvalue weighted by molar-refractivity contribution is 0.213. The number of halogens is 2. The molecule has 0 radical (unpaired) electrons. The number of hydrogen-bond donors (Lipinski definition) is 1. The molecular formula is C18H22BrClNO4P. The third-order valence-electron chi connectivity index (χ3n) is 3.57. The smallest absolute Gasteiger partial charge is 0.357 e. The van der Waals surface area contributed by atoms with Gasteiger partial charge in [-0.2, -0.15) is 0 Å². The lowest BCUT2D eigenvalue weighted by atomic mass is 10.2. The zero-order chi connectivity index (χ0) is 19.2. The van der Waals surface area contributed by atoms with E-state index in [4.69, 9.17) is 25.4 Å². The van der Waals surface area contributed by atoms with Gasteiger partial charge in [0, 0.05) is 20.7 Å². The topological polar surface area (TPSA) is 56.8 Å². The van der Waals surface area contributed by atoms with Crippen LogP contribution in [0.15, 0.2) is 46.9 Å². The molecule has 2 aromatic carbocycles. The second-order valence-electron chi connectivity index (χ2n) is 5.32. The minimum absolute atomic E-state index is 0.259. The molecular weight excluding hydrogens is 441 g/mol. The van der Waals surface area contributed by atoms with Gasteiger partial charge in [-0.1, -0.05) is 33.6 Å². The fraction of sp³-hybridized carbons (Fsp3) is 0.333. The summed E-state index contributed by atoms with van der Waals surface area (Å²) in [5, 5.41) is 3.88. The van der Waals surface area contributed by atoms with Crippen molar-refractivity contribution < 1.29 is 18.3 Å². The molecule has 0 aromatic heterocycles. The molecule has 26 heavy (non-hydrogen) atoms. The summed E-state index contributed by atoms with van der Waals surface area (Å²) < 4.78 is 31.1. The molecule has 0 aliphatic rings. The van der Waals surface area contributed by atoms with E-state index in [1.54, 1.807) is 33.1 Å². The van der Waals surface area contributed by atoms with E-state index in [2.05, 4.69) is 21.2 Å². The molecule has 0 saturated heterocycles. The Morgan fingerprint density at radius 3 is 2.27 bits per heavy atom. The van der Waals surface area contributed by atoms with Crippen LogP contribution in [0.25, 0.3) is 0 Å². The maximum Gasteiger partial charge on any atom is 0.357 e. The van der Waals surface area contributed by atoms with Gasteiger partial charge in [0.2, 0.25) is 0 Å². The van der Waals surface area contributed by atoms with Gasteiger partial charge in [0.05, 0.1) is 20.3 Å². The van der Waals surface area contributed by atoms with Crippen molar-refractivity contribution in [1.29, 1.82) is 0 Å². The summed E-state index contributed by atoms with van der Waals surface area (Å²) in [4.78, 5) is 0. The van der Waals surface area contributed by atoms with Crippen LogP contribution in [0.5, 0.6) is 5.75 Å². The number of ether oxygens (including phenoxy) is 1. The Kier molecular flexibility index (Phi) is 7.99. The average Bonchev–Trinajstić information content (AvgIpc) is 2.62. The lowest BCUT2D eigenvalue weighted by Gasteiger charge is -2.29. The lowest BCUT2D eigenvalue weighted by Crippen LogP contribution is -2.16. The van der Waals surface area contributed by atoms with Gasteiger partial charge in [-0.15, -0.1) is 0 Å². The molecule has 0 amide bonds. The van der Waals surface area contributed by atoms with Gasteiger partial charge in [-0.25, -0.2) is 0 Å². The Morgan fingerprint density at radius 2 is 1.73 bits per heavy atom. The Bertz CT molecular complexity index is 762. The van der Waals surface area contributed by atoms with Gasteiger partial charge in [-0.3, -0.25) is 4.57 Å². The molecule has 1 N–H and O–H groups in total. The third kappa shape index (κ3) is 5.24. The van der Waals surface area contributed by atoms with E-state index in [0.717, 1.165) is 10.2 Å². The Labute approximate surface area is 167 Å². The first-order valence-electron chi connectivity index (χ1n) is 8.17.